The van der Waals surface area contributed by atoms with Crippen LogP contribution in [-0.2, 0) is 5.41 Å². The van der Waals surface area contributed by atoms with Crippen LogP contribution in [0.5, 0.6) is 5.75 Å². The van der Waals surface area contributed by atoms with E-state index in [1.165, 1.54) is 18.9 Å². The molecule has 0 saturated heterocycles. The van der Waals surface area contributed by atoms with E-state index in [0.717, 1.165) is 0 Å². The predicted molar refractivity (Wildman–Crippen MR) is 68.3 cm³/mol. The zero-order chi connectivity index (χ0) is 12.6. The summed E-state index contributed by atoms with van der Waals surface area (Å²) >= 11 is 5.99. The lowest BCUT2D eigenvalue weighted by atomic mass is 9.86. The minimum atomic E-state index is -0.263. The summed E-state index contributed by atoms with van der Waals surface area (Å²) in [5.41, 5.74) is 0.402. The quantitative estimate of drug-likeness (QED) is 0.770. The molecular weight excluding hydrogens is 239 g/mol. The number of ether oxygens (including phenoxy) is 1. The van der Waals surface area contributed by atoms with E-state index < -0.39 is 0 Å². The maximum absolute atomic E-state index is 13.8. The molecule has 0 amide bonds. The van der Waals surface area contributed by atoms with Gasteiger partial charge in [0.2, 0.25) is 0 Å². The summed E-state index contributed by atoms with van der Waals surface area (Å²) in [5.74, 6) is 1.00. The van der Waals surface area contributed by atoms with Gasteiger partial charge in [-0.25, -0.2) is 4.39 Å². The molecule has 1 nitrogen and oxygen atoms in total. The smallest absolute Gasteiger partial charge is 0.138 e. The normalized spacial score (nSPS) is 16.1. The standard InChI is InChI=1S/C14H18ClFO/c1-14(2,3)10-6-13(11(15)7-12(10)16)17-8-9-4-5-9/h6-7,9H,4-5,8H2,1-3H3. The summed E-state index contributed by atoms with van der Waals surface area (Å²) in [6, 6.07) is 3.09. The van der Waals surface area contributed by atoms with Crippen LogP contribution in [0.1, 0.15) is 39.2 Å². The van der Waals surface area contributed by atoms with Gasteiger partial charge < -0.3 is 4.74 Å². The van der Waals surface area contributed by atoms with Crippen molar-refractivity contribution in [3.05, 3.63) is 28.5 Å². The van der Waals surface area contributed by atoms with Gasteiger partial charge in [0.1, 0.15) is 11.6 Å². The van der Waals surface area contributed by atoms with Crippen molar-refractivity contribution in [2.24, 2.45) is 5.92 Å². The average Bonchev–Trinajstić information content (AvgIpc) is 2.98. The fourth-order valence-electron chi connectivity index (χ4n) is 1.71. The predicted octanol–water partition coefficient (Wildman–Crippen LogP) is 4.57. The van der Waals surface area contributed by atoms with Crippen molar-refractivity contribution >= 4 is 11.6 Å². The van der Waals surface area contributed by atoms with E-state index in [-0.39, 0.29) is 11.2 Å². The van der Waals surface area contributed by atoms with Crippen molar-refractivity contribution < 1.29 is 9.13 Å². The summed E-state index contributed by atoms with van der Waals surface area (Å²) < 4.78 is 19.5. The largest absolute Gasteiger partial charge is 0.492 e. The molecule has 1 aromatic rings. The summed E-state index contributed by atoms with van der Waals surface area (Å²) in [7, 11) is 0. The molecule has 0 atom stereocenters. The Labute approximate surface area is 107 Å². The molecule has 0 spiro atoms. The summed E-state index contributed by atoms with van der Waals surface area (Å²) in [4.78, 5) is 0. The average molecular weight is 257 g/mol. The van der Waals surface area contributed by atoms with E-state index in [1.54, 1.807) is 6.07 Å². The third kappa shape index (κ3) is 3.12. The highest BCUT2D eigenvalue weighted by Crippen LogP contribution is 2.36. The molecule has 1 fully saturated rings. The van der Waals surface area contributed by atoms with Gasteiger partial charge in [0.25, 0.3) is 0 Å². The van der Waals surface area contributed by atoms with Gasteiger partial charge in [-0.2, -0.15) is 0 Å². The molecule has 0 bridgehead atoms. The highest BCUT2D eigenvalue weighted by atomic mass is 35.5. The Morgan fingerprint density at radius 2 is 2.00 bits per heavy atom. The molecule has 0 aromatic heterocycles. The first kappa shape index (κ1) is 12.7. The van der Waals surface area contributed by atoms with Crippen molar-refractivity contribution in [1.82, 2.24) is 0 Å². The Morgan fingerprint density at radius 1 is 1.35 bits per heavy atom. The Morgan fingerprint density at radius 3 is 2.53 bits per heavy atom. The van der Waals surface area contributed by atoms with Gasteiger partial charge in [-0.1, -0.05) is 32.4 Å². The fraction of sp³-hybridized carbons (Fsp3) is 0.571. The van der Waals surface area contributed by atoms with Crippen LogP contribution in [0.4, 0.5) is 4.39 Å². The zero-order valence-corrected chi connectivity index (χ0v) is 11.3. The Hall–Kier alpha value is -0.760. The van der Waals surface area contributed by atoms with Gasteiger partial charge in [0.15, 0.2) is 0 Å². The minimum absolute atomic E-state index is 0.244. The molecule has 1 aromatic carbocycles. The number of benzene rings is 1. The lowest BCUT2D eigenvalue weighted by Crippen LogP contribution is -2.14. The lowest BCUT2D eigenvalue weighted by molar-refractivity contribution is 0.298. The molecule has 17 heavy (non-hydrogen) atoms. The van der Waals surface area contributed by atoms with Gasteiger partial charge in [0.05, 0.1) is 11.6 Å². The summed E-state index contributed by atoms with van der Waals surface area (Å²) in [6.07, 6.45) is 2.45. The third-order valence-electron chi connectivity index (χ3n) is 3.00. The first-order valence-electron chi connectivity index (χ1n) is 6.00. The monoisotopic (exact) mass is 256 g/mol. The molecule has 0 aliphatic heterocycles. The van der Waals surface area contributed by atoms with Crippen LogP contribution in [0.2, 0.25) is 5.02 Å². The second kappa shape index (κ2) is 4.49. The van der Waals surface area contributed by atoms with Crippen molar-refractivity contribution in [3.63, 3.8) is 0 Å². The first-order chi connectivity index (χ1) is 7.88. The van der Waals surface area contributed by atoms with Crippen LogP contribution in [-0.4, -0.2) is 6.61 Å². The van der Waals surface area contributed by atoms with Crippen LogP contribution in [0.15, 0.2) is 12.1 Å². The molecule has 1 aliphatic carbocycles. The van der Waals surface area contributed by atoms with Crippen molar-refractivity contribution in [2.45, 2.75) is 39.0 Å². The molecule has 3 heteroatoms. The Bertz CT molecular complexity index is 419. The van der Waals surface area contributed by atoms with E-state index in [2.05, 4.69) is 0 Å². The topological polar surface area (TPSA) is 9.23 Å². The van der Waals surface area contributed by atoms with Crippen molar-refractivity contribution in [1.29, 1.82) is 0 Å². The van der Waals surface area contributed by atoms with E-state index in [1.807, 2.05) is 20.8 Å². The Balaban J connectivity index is 2.24. The van der Waals surface area contributed by atoms with E-state index >= 15 is 0 Å². The summed E-state index contributed by atoms with van der Waals surface area (Å²) in [6.45, 7) is 6.62. The Kier molecular flexibility index (Phi) is 3.35. The van der Waals surface area contributed by atoms with Gasteiger partial charge in [0, 0.05) is 0 Å². The van der Waals surface area contributed by atoms with Crippen molar-refractivity contribution in [3.8, 4) is 5.75 Å². The number of hydrogen-bond acceptors (Lipinski definition) is 1. The van der Waals surface area contributed by atoms with Crippen LogP contribution in [0.25, 0.3) is 0 Å². The van der Waals surface area contributed by atoms with E-state index in [9.17, 15) is 4.39 Å². The second-order valence-electron chi connectivity index (χ2n) is 5.77. The van der Waals surface area contributed by atoms with Crippen molar-refractivity contribution in [2.75, 3.05) is 6.61 Å². The molecule has 0 N–H and O–H groups in total. The first-order valence-corrected chi connectivity index (χ1v) is 6.38. The van der Waals surface area contributed by atoms with Crippen LogP contribution >= 0.6 is 11.6 Å². The molecule has 0 radical (unpaired) electrons. The number of halogens is 2. The van der Waals surface area contributed by atoms with Crippen LogP contribution in [0.3, 0.4) is 0 Å². The number of hydrogen-bond donors (Lipinski definition) is 0. The van der Waals surface area contributed by atoms with Gasteiger partial charge in [-0.3, -0.25) is 0 Å². The van der Waals surface area contributed by atoms with E-state index in [4.69, 9.17) is 16.3 Å². The SMILES string of the molecule is CC(C)(C)c1cc(OCC2CC2)c(Cl)cc1F. The highest BCUT2D eigenvalue weighted by molar-refractivity contribution is 6.32. The van der Waals surface area contributed by atoms with Gasteiger partial charge >= 0.3 is 0 Å². The lowest BCUT2D eigenvalue weighted by Gasteiger charge is -2.21. The van der Waals surface area contributed by atoms with Crippen LogP contribution < -0.4 is 4.74 Å². The molecular formula is C14H18ClFO. The second-order valence-corrected chi connectivity index (χ2v) is 6.17. The maximum Gasteiger partial charge on any atom is 0.138 e. The molecule has 0 unspecified atom stereocenters. The summed E-state index contributed by atoms with van der Waals surface area (Å²) in [5, 5.41) is 0.358. The van der Waals surface area contributed by atoms with Gasteiger partial charge in [-0.05, 0) is 41.9 Å². The zero-order valence-electron chi connectivity index (χ0n) is 10.5. The molecule has 0 heterocycles. The maximum atomic E-state index is 13.8. The van der Waals surface area contributed by atoms with E-state index in [0.29, 0.717) is 28.9 Å². The molecule has 2 rings (SSSR count). The minimum Gasteiger partial charge on any atom is -0.492 e. The van der Waals surface area contributed by atoms with Gasteiger partial charge in [-0.15, -0.1) is 0 Å². The number of rotatable bonds is 3. The third-order valence-corrected chi connectivity index (χ3v) is 3.30. The highest BCUT2D eigenvalue weighted by Gasteiger charge is 2.24. The molecule has 1 saturated carbocycles. The van der Waals surface area contributed by atoms with Crippen LogP contribution in [0, 0.1) is 11.7 Å². The molecule has 1 aliphatic rings. The molecule has 94 valence electrons. The fourth-order valence-corrected chi connectivity index (χ4v) is 1.91.